The van der Waals surface area contributed by atoms with Crippen molar-refractivity contribution in [1.29, 1.82) is 0 Å². The number of aliphatic hydroxyl groups is 1. The molecule has 12 heteroatoms. The monoisotopic (exact) mass is 451 g/mol. The van der Waals surface area contributed by atoms with E-state index >= 15 is 0 Å². The van der Waals surface area contributed by atoms with E-state index in [0.29, 0.717) is 24.9 Å². The van der Waals surface area contributed by atoms with Gasteiger partial charge in [0.25, 0.3) is 5.56 Å². The zero-order chi connectivity index (χ0) is 23.7. The van der Waals surface area contributed by atoms with E-state index in [4.69, 9.17) is 16.0 Å². The van der Waals surface area contributed by atoms with E-state index in [-0.39, 0.29) is 31.8 Å². The number of carbonyl (C=O) groups is 2. The summed E-state index contributed by atoms with van der Waals surface area (Å²) < 4.78 is 12.6. The zero-order valence-electron chi connectivity index (χ0n) is 18.1. The summed E-state index contributed by atoms with van der Waals surface area (Å²) in [5, 5.41) is 14.6. The maximum absolute atomic E-state index is 12.1. The van der Waals surface area contributed by atoms with Crippen molar-refractivity contribution >= 4 is 12.0 Å². The highest BCUT2D eigenvalue weighted by Crippen LogP contribution is 2.31. The normalized spacial score (nSPS) is 20.9. The minimum Gasteiger partial charge on any atom is -0.443 e. The van der Waals surface area contributed by atoms with Crippen molar-refractivity contribution in [2.75, 3.05) is 19.6 Å². The fourth-order valence-electron chi connectivity index (χ4n) is 3.30. The van der Waals surface area contributed by atoms with Crippen LogP contribution in [0.3, 0.4) is 0 Å². The number of aromatic amines is 1. The Hall–Kier alpha value is -3.17. The number of aliphatic hydroxyl groups excluding tert-OH is 1. The molecule has 1 unspecified atom stereocenters. The number of carbonyl (C=O) groups excluding carboxylic acids is 2. The van der Waals surface area contributed by atoms with E-state index in [1.165, 1.54) is 10.8 Å². The van der Waals surface area contributed by atoms with Gasteiger partial charge in [0.2, 0.25) is 12.5 Å². The molecule has 4 atom stereocenters. The van der Waals surface area contributed by atoms with E-state index in [1.54, 1.807) is 6.92 Å². The molecule has 2 amide bonds. The molecule has 2 rings (SSSR count). The van der Waals surface area contributed by atoms with Gasteiger partial charge >= 0.3 is 11.8 Å². The van der Waals surface area contributed by atoms with Crippen molar-refractivity contribution in [3.05, 3.63) is 44.0 Å². The average Bonchev–Trinajstić information content (AvgIpc) is 3.12. The number of hydrogen-bond acceptors (Lipinski definition) is 7. The highest BCUT2D eigenvalue weighted by Gasteiger charge is 2.38. The molecule has 176 valence electrons. The number of H-pyrrole nitrogens is 1. The quantitative estimate of drug-likeness (QED) is 0.284. The van der Waals surface area contributed by atoms with Crippen LogP contribution in [-0.2, 0) is 14.3 Å². The van der Waals surface area contributed by atoms with Crippen LogP contribution in [0.4, 0.5) is 4.79 Å². The third-order valence-corrected chi connectivity index (χ3v) is 4.97. The van der Waals surface area contributed by atoms with E-state index in [9.17, 15) is 24.3 Å². The molecular formula is C20H29N5O7. The van der Waals surface area contributed by atoms with Crippen molar-refractivity contribution in [2.24, 2.45) is 0 Å². The van der Waals surface area contributed by atoms with Gasteiger partial charge in [-0.1, -0.05) is 6.92 Å². The van der Waals surface area contributed by atoms with Gasteiger partial charge in [0.15, 0.2) is 0 Å². The number of rotatable bonds is 10. The van der Waals surface area contributed by atoms with Gasteiger partial charge in [-0.15, -0.1) is 0 Å². The van der Waals surface area contributed by atoms with Crippen molar-refractivity contribution < 1.29 is 24.2 Å². The molecule has 0 radical (unpaired) electrons. The second-order valence-electron chi connectivity index (χ2n) is 7.52. The SMILES string of the molecule is [C-]#[N+]C[C@@H](O)CC(=O)NCCCNC(=O)OC1C[C@H](n2cc(C)c(=O)[nH]c2=O)O[C@@H]1CC. The lowest BCUT2D eigenvalue weighted by Gasteiger charge is -2.17. The first kappa shape index (κ1) is 25.1. The molecule has 0 spiro atoms. The maximum atomic E-state index is 12.1. The molecule has 0 aliphatic carbocycles. The molecule has 1 saturated heterocycles. The summed E-state index contributed by atoms with van der Waals surface area (Å²) in [4.78, 5) is 52.6. The van der Waals surface area contributed by atoms with Crippen LogP contribution >= 0.6 is 0 Å². The third-order valence-electron chi connectivity index (χ3n) is 4.97. The summed E-state index contributed by atoms with van der Waals surface area (Å²) in [7, 11) is 0. The van der Waals surface area contributed by atoms with Gasteiger partial charge in [-0.3, -0.25) is 19.1 Å². The van der Waals surface area contributed by atoms with Crippen molar-refractivity contribution in [3.8, 4) is 0 Å². The number of nitrogens with one attached hydrogen (secondary N) is 3. The molecule has 1 aliphatic heterocycles. The van der Waals surface area contributed by atoms with Crippen LogP contribution < -0.4 is 21.9 Å². The number of hydrogen-bond donors (Lipinski definition) is 4. The third kappa shape index (κ3) is 7.21. The maximum Gasteiger partial charge on any atom is 0.407 e. The minimum absolute atomic E-state index is 0.123. The van der Waals surface area contributed by atoms with Crippen LogP contribution in [0, 0.1) is 13.5 Å². The smallest absolute Gasteiger partial charge is 0.407 e. The Morgan fingerprint density at radius 3 is 2.81 bits per heavy atom. The highest BCUT2D eigenvalue weighted by atomic mass is 16.6. The van der Waals surface area contributed by atoms with Gasteiger partial charge in [-0.2, -0.15) is 0 Å². The summed E-state index contributed by atoms with van der Waals surface area (Å²) in [6, 6.07) is 0. The zero-order valence-corrected chi connectivity index (χ0v) is 18.1. The van der Waals surface area contributed by atoms with Crippen LogP contribution in [-0.4, -0.2) is 64.6 Å². The number of aryl methyl sites for hydroxylation is 1. The number of alkyl carbamates (subject to hydrolysis) is 1. The number of ether oxygens (including phenoxy) is 2. The second kappa shape index (κ2) is 12.0. The number of aromatic nitrogens is 2. The van der Waals surface area contributed by atoms with E-state index < -0.39 is 41.9 Å². The summed E-state index contributed by atoms with van der Waals surface area (Å²) in [5.74, 6) is -0.364. The lowest BCUT2D eigenvalue weighted by molar-refractivity contribution is -0.122. The molecule has 1 aromatic rings. The molecule has 4 N–H and O–H groups in total. The Kier molecular flexibility index (Phi) is 9.42. The van der Waals surface area contributed by atoms with Crippen LogP contribution in [0.2, 0.25) is 0 Å². The van der Waals surface area contributed by atoms with Crippen LogP contribution in [0.25, 0.3) is 4.85 Å². The predicted octanol–water partition coefficient (Wildman–Crippen LogP) is -0.186. The van der Waals surface area contributed by atoms with Crippen molar-refractivity contribution in [2.45, 2.75) is 64.1 Å². The van der Waals surface area contributed by atoms with E-state index in [0.717, 1.165) is 0 Å². The molecule has 1 aromatic heterocycles. The molecule has 0 saturated carbocycles. The van der Waals surface area contributed by atoms with Crippen molar-refractivity contribution in [3.63, 3.8) is 0 Å². The van der Waals surface area contributed by atoms with Crippen LogP contribution in [0.5, 0.6) is 0 Å². The molecule has 1 aliphatic rings. The Morgan fingerprint density at radius 2 is 2.12 bits per heavy atom. The molecule has 0 bridgehead atoms. The highest BCUT2D eigenvalue weighted by molar-refractivity contribution is 5.76. The van der Waals surface area contributed by atoms with Crippen LogP contribution in [0.15, 0.2) is 15.8 Å². The Labute approximate surface area is 184 Å². The fraction of sp³-hybridized carbons (Fsp3) is 0.650. The molecular weight excluding hydrogens is 422 g/mol. The Balaban J connectivity index is 1.76. The summed E-state index contributed by atoms with van der Waals surface area (Å²) >= 11 is 0. The summed E-state index contributed by atoms with van der Waals surface area (Å²) in [5.41, 5.74) is -0.676. The van der Waals surface area contributed by atoms with Gasteiger partial charge < -0.3 is 30.1 Å². The Bertz CT molecular complexity index is 951. The van der Waals surface area contributed by atoms with Crippen LogP contribution in [0.1, 0.15) is 44.4 Å². The first-order valence-corrected chi connectivity index (χ1v) is 10.4. The first-order valence-electron chi connectivity index (χ1n) is 10.4. The van der Waals surface area contributed by atoms with Gasteiger partial charge in [-0.25, -0.2) is 16.2 Å². The molecule has 0 aromatic carbocycles. The fourth-order valence-corrected chi connectivity index (χ4v) is 3.30. The topological polar surface area (TPSA) is 156 Å². The molecule has 1 fully saturated rings. The Morgan fingerprint density at radius 1 is 1.41 bits per heavy atom. The average molecular weight is 451 g/mol. The molecule has 12 nitrogen and oxygen atoms in total. The first-order chi connectivity index (χ1) is 15.2. The lowest BCUT2D eigenvalue weighted by Crippen LogP contribution is -2.35. The van der Waals surface area contributed by atoms with Gasteiger partial charge in [0.1, 0.15) is 18.4 Å². The summed E-state index contributed by atoms with van der Waals surface area (Å²) in [6.45, 7) is 10.5. The lowest BCUT2D eigenvalue weighted by atomic mass is 10.1. The molecule has 2 heterocycles. The summed E-state index contributed by atoms with van der Waals surface area (Å²) in [6.07, 6.45) is -0.674. The van der Waals surface area contributed by atoms with Crippen molar-refractivity contribution in [1.82, 2.24) is 20.2 Å². The van der Waals surface area contributed by atoms with E-state index in [2.05, 4.69) is 20.5 Å². The largest absolute Gasteiger partial charge is 0.443 e. The number of amides is 2. The predicted molar refractivity (Wildman–Crippen MR) is 113 cm³/mol. The van der Waals surface area contributed by atoms with Gasteiger partial charge in [-0.05, 0) is 19.8 Å². The second-order valence-corrected chi connectivity index (χ2v) is 7.52. The minimum atomic E-state index is -0.986. The van der Waals surface area contributed by atoms with E-state index in [1.807, 2.05) is 6.92 Å². The van der Waals surface area contributed by atoms with Gasteiger partial charge in [0, 0.05) is 31.3 Å². The molecule has 32 heavy (non-hydrogen) atoms. The number of nitrogens with zero attached hydrogens (tertiary/aromatic N) is 2. The van der Waals surface area contributed by atoms with Gasteiger partial charge in [0.05, 0.1) is 12.5 Å². The standard InChI is InChI=1S/C20H29N5O7/c1-4-14-15(9-17(31-14)25-11-12(2)18(28)24-19(25)29)32-20(30)23-7-5-6-22-16(27)8-13(26)10-21-3/h11,13-15,17,26H,4-10H2,1-2H3,(H,22,27)(H,23,30)(H,24,28,29)/t13-,14+,15?,17+/m0/s1.